The van der Waals surface area contributed by atoms with Gasteiger partial charge in [0.1, 0.15) is 12.4 Å². The topological polar surface area (TPSA) is 72.7 Å². The Hall–Kier alpha value is -2.50. The van der Waals surface area contributed by atoms with Crippen molar-refractivity contribution in [2.45, 2.75) is 44.6 Å². The van der Waals surface area contributed by atoms with Gasteiger partial charge in [-0.2, -0.15) is 0 Å². The molecule has 0 saturated carbocycles. The third-order valence-corrected chi connectivity index (χ3v) is 4.39. The van der Waals surface area contributed by atoms with Crippen LogP contribution in [-0.4, -0.2) is 32.7 Å². The zero-order chi connectivity index (χ0) is 16.6. The zero-order valence-electron chi connectivity index (χ0n) is 13.8. The minimum atomic E-state index is -0.428. The van der Waals surface area contributed by atoms with Gasteiger partial charge in [-0.25, -0.2) is 4.68 Å². The molecule has 126 valence electrons. The van der Waals surface area contributed by atoms with Crippen molar-refractivity contribution in [2.75, 3.05) is 6.54 Å². The van der Waals surface area contributed by atoms with Crippen molar-refractivity contribution in [3.05, 3.63) is 53.9 Å². The number of hydrogen-bond donors (Lipinski definition) is 1. The predicted octanol–water partition coefficient (Wildman–Crippen LogP) is 2.46. The number of hydrogen-bond acceptors (Lipinski definition) is 4. The van der Waals surface area contributed by atoms with Crippen LogP contribution in [0.2, 0.25) is 0 Å². The minimum absolute atomic E-state index is 0.0393. The number of allylic oxidation sites excluding steroid dienone is 1. The summed E-state index contributed by atoms with van der Waals surface area (Å²) in [7, 11) is 0. The first kappa shape index (κ1) is 16.4. The lowest BCUT2D eigenvalue weighted by molar-refractivity contribution is -0.124. The number of aromatic nitrogens is 4. The molecule has 2 aromatic rings. The summed E-state index contributed by atoms with van der Waals surface area (Å²) in [4.78, 5) is 12.6. The summed E-state index contributed by atoms with van der Waals surface area (Å²) in [5.74, 6) is -0.0393. The molecule has 0 aliphatic heterocycles. The number of benzene rings is 1. The maximum absolute atomic E-state index is 12.6. The summed E-state index contributed by atoms with van der Waals surface area (Å²) >= 11 is 0. The molecule has 1 aromatic heterocycles. The van der Waals surface area contributed by atoms with E-state index >= 15 is 0 Å². The van der Waals surface area contributed by atoms with Gasteiger partial charge < -0.3 is 5.32 Å². The first-order valence-corrected chi connectivity index (χ1v) is 8.55. The fourth-order valence-corrected chi connectivity index (χ4v) is 3.05. The fourth-order valence-electron chi connectivity index (χ4n) is 3.05. The Balaban J connectivity index is 1.60. The molecule has 0 saturated heterocycles. The Morgan fingerprint density at radius 3 is 2.83 bits per heavy atom. The van der Waals surface area contributed by atoms with Gasteiger partial charge in [0.15, 0.2) is 0 Å². The maximum atomic E-state index is 12.6. The van der Waals surface area contributed by atoms with E-state index in [0.717, 1.165) is 18.4 Å². The van der Waals surface area contributed by atoms with Crippen molar-refractivity contribution >= 4 is 5.91 Å². The molecule has 0 spiro atoms. The highest BCUT2D eigenvalue weighted by Gasteiger charge is 2.22. The van der Waals surface area contributed by atoms with E-state index in [1.807, 2.05) is 30.3 Å². The number of nitrogens with zero attached hydrogens (tertiary/aromatic N) is 4. The molecule has 1 aliphatic rings. The van der Waals surface area contributed by atoms with E-state index in [2.05, 4.69) is 26.9 Å². The highest BCUT2D eigenvalue weighted by Crippen LogP contribution is 2.19. The number of nitrogens with one attached hydrogen (secondary N) is 1. The van der Waals surface area contributed by atoms with Crippen LogP contribution in [0.15, 0.2) is 48.3 Å². The van der Waals surface area contributed by atoms with Crippen molar-refractivity contribution in [2.24, 2.45) is 0 Å². The fraction of sp³-hybridized carbons (Fsp3) is 0.444. The molecule has 0 radical (unpaired) electrons. The quantitative estimate of drug-likeness (QED) is 0.794. The summed E-state index contributed by atoms with van der Waals surface area (Å²) in [5.41, 5.74) is 2.55. The van der Waals surface area contributed by atoms with E-state index in [0.29, 0.717) is 13.0 Å². The molecule has 0 unspecified atom stereocenters. The number of carbonyl (C=O) groups excluding carboxylic acids is 1. The Bertz CT molecular complexity index is 666. The Kier molecular flexibility index (Phi) is 5.71. The van der Waals surface area contributed by atoms with Crippen LogP contribution in [0, 0.1) is 0 Å². The monoisotopic (exact) mass is 325 g/mol. The van der Waals surface area contributed by atoms with Gasteiger partial charge in [0.25, 0.3) is 0 Å². The number of amides is 1. The number of tetrazole rings is 1. The van der Waals surface area contributed by atoms with Gasteiger partial charge in [0.05, 0.1) is 0 Å². The average Bonchev–Trinajstić information content (AvgIpc) is 3.16. The third kappa shape index (κ3) is 4.50. The molecule has 6 nitrogen and oxygen atoms in total. The van der Waals surface area contributed by atoms with Gasteiger partial charge >= 0.3 is 0 Å². The standard InChI is InChI=1S/C18H23N5O/c24-18(19-12-11-15-7-3-1-4-8-15)17(23-14-20-21-22-23)13-16-9-5-2-6-10-16/h2,5-7,9-10,14,17H,1,3-4,8,11-13H2,(H,19,24)/t17-/m1/s1. The average molecular weight is 325 g/mol. The van der Waals surface area contributed by atoms with E-state index in [1.165, 1.54) is 35.8 Å². The summed E-state index contributed by atoms with van der Waals surface area (Å²) in [6.45, 7) is 0.665. The summed E-state index contributed by atoms with van der Waals surface area (Å²) < 4.78 is 1.53. The SMILES string of the molecule is O=C(NCCC1=CCCCC1)[C@@H](Cc1ccccc1)n1cnnn1. The van der Waals surface area contributed by atoms with E-state index in [4.69, 9.17) is 0 Å². The summed E-state index contributed by atoms with van der Waals surface area (Å²) in [5, 5.41) is 14.3. The summed E-state index contributed by atoms with van der Waals surface area (Å²) in [6.07, 6.45) is 10.2. The second kappa shape index (κ2) is 8.38. The van der Waals surface area contributed by atoms with Gasteiger partial charge in [-0.3, -0.25) is 4.79 Å². The molecule has 1 N–H and O–H groups in total. The number of rotatable bonds is 7. The molecule has 1 aromatic carbocycles. The predicted molar refractivity (Wildman–Crippen MR) is 91.2 cm³/mol. The van der Waals surface area contributed by atoms with Gasteiger partial charge in [0, 0.05) is 13.0 Å². The van der Waals surface area contributed by atoms with Crippen LogP contribution in [0.3, 0.4) is 0 Å². The lowest BCUT2D eigenvalue weighted by atomic mass is 9.97. The molecule has 0 fully saturated rings. The maximum Gasteiger partial charge on any atom is 0.245 e. The third-order valence-electron chi connectivity index (χ3n) is 4.39. The van der Waals surface area contributed by atoms with Crippen LogP contribution in [0.5, 0.6) is 0 Å². The highest BCUT2D eigenvalue weighted by atomic mass is 16.2. The van der Waals surface area contributed by atoms with E-state index in [-0.39, 0.29) is 5.91 Å². The van der Waals surface area contributed by atoms with Crippen LogP contribution in [0.4, 0.5) is 0 Å². The minimum Gasteiger partial charge on any atom is -0.354 e. The molecule has 1 atom stereocenters. The van der Waals surface area contributed by atoms with Gasteiger partial charge in [0.2, 0.25) is 5.91 Å². The van der Waals surface area contributed by atoms with E-state index in [1.54, 1.807) is 0 Å². The van der Waals surface area contributed by atoms with Crippen LogP contribution in [0.25, 0.3) is 0 Å². The molecule has 1 aliphatic carbocycles. The number of carbonyl (C=O) groups is 1. The second-order valence-electron chi connectivity index (χ2n) is 6.14. The Morgan fingerprint density at radius 2 is 2.12 bits per heavy atom. The Labute approximate surface area is 142 Å². The first-order valence-electron chi connectivity index (χ1n) is 8.55. The van der Waals surface area contributed by atoms with Gasteiger partial charge in [-0.1, -0.05) is 42.0 Å². The van der Waals surface area contributed by atoms with Crippen molar-refractivity contribution in [1.29, 1.82) is 0 Å². The molecule has 0 bridgehead atoms. The summed E-state index contributed by atoms with van der Waals surface area (Å²) in [6, 6.07) is 9.50. The first-order chi connectivity index (χ1) is 11.8. The van der Waals surface area contributed by atoms with Crippen molar-refractivity contribution < 1.29 is 4.79 Å². The van der Waals surface area contributed by atoms with Gasteiger partial charge in [-0.05, 0) is 48.1 Å². The van der Waals surface area contributed by atoms with Crippen LogP contribution in [-0.2, 0) is 11.2 Å². The smallest absolute Gasteiger partial charge is 0.245 e. The molecular formula is C18H23N5O. The van der Waals surface area contributed by atoms with Crippen molar-refractivity contribution in [3.8, 4) is 0 Å². The molecule has 3 rings (SSSR count). The lowest BCUT2D eigenvalue weighted by Crippen LogP contribution is -2.35. The van der Waals surface area contributed by atoms with Crippen molar-refractivity contribution in [3.63, 3.8) is 0 Å². The van der Waals surface area contributed by atoms with Crippen LogP contribution in [0.1, 0.15) is 43.7 Å². The van der Waals surface area contributed by atoms with Crippen LogP contribution < -0.4 is 5.32 Å². The van der Waals surface area contributed by atoms with Crippen LogP contribution >= 0.6 is 0 Å². The normalized spacial score (nSPS) is 15.6. The molecular weight excluding hydrogens is 302 g/mol. The molecule has 24 heavy (non-hydrogen) atoms. The van der Waals surface area contributed by atoms with E-state index < -0.39 is 6.04 Å². The molecule has 6 heteroatoms. The largest absolute Gasteiger partial charge is 0.354 e. The van der Waals surface area contributed by atoms with Crippen molar-refractivity contribution in [1.82, 2.24) is 25.5 Å². The lowest BCUT2D eigenvalue weighted by Gasteiger charge is -2.17. The highest BCUT2D eigenvalue weighted by molar-refractivity contribution is 5.80. The molecule has 1 heterocycles. The Morgan fingerprint density at radius 1 is 1.25 bits per heavy atom. The molecule has 1 amide bonds. The van der Waals surface area contributed by atoms with E-state index in [9.17, 15) is 4.79 Å². The second-order valence-corrected chi connectivity index (χ2v) is 6.14. The van der Waals surface area contributed by atoms with Gasteiger partial charge in [-0.15, -0.1) is 5.10 Å². The zero-order valence-corrected chi connectivity index (χ0v) is 13.8.